The third kappa shape index (κ3) is 7.35. The predicted molar refractivity (Wildman–Crippen MR) is 166 cm³/mol. The fourth-order valence-corrected chi connectivity index (χ4v) is 8.21. The first-order valence-electron chi connectivity index (χ1n) is 15.6. The quantitative estimate of drug-likeness (QED) is 0.463. The van der Waals surface area contributed by atoms with Crippen molar-refractivity contribution in [3.63, 3.8) is 0 Å². The maximum atomic E-state index is 13.8. The van der Waals surface area contributed by atoms with E-state index in [0.717, 1.165) is 69.3 Å². The Bertz CT molecular complexity index is 1390. The van der Waals surface area contributed by atoms with Gasteiger partial charge < -0.3 is 14.4 Å². The third-order valence-corrected chi connectivity index (χ3v) is 10.9. The summed E-state index contributed by atoms with van der Waals surface area (Å²) in [6.07, 6.45) is 8.91. The van der Waals surface area contributed by atoms with Crippen LogP contribution in [0.25, 0.3) is 0 Å². The molecule has 0 saturated heterocycles. The molecule has 1 unspecified atom stereocenters. The standard InChI is InChI=1S/C33H45N3O5S/c1-3-32(37)34-42(39)20-10-4-5-14-30(40-2)28-17-15-27(28)23-36-22-26-13-7-6-11-24(26)12-8-9-19-41-31-18-16-25(21-29(31)36)33(38)35-42/h6-7,11,13,16,18,21,27-28,30H,3-5,8-10,12,14-15,17,19-20,22-23H2,1-2H3,(H,34,35,37,38,39)/t27-,28+,30-,42?/m0/s1. The van der Waals surface area contributed by atoms with E-state index >= 15 is 0 Å². The van der Waals surface area contributed by atoms with Gasteiger partial charge in [-0.3, -0.25) is 14.3 Å². The zero-order valence-electron chi connectivity index (χ0n) is 25.0. The first-order chi connectivity index (χ1) is 20.4. The van der Waals surface area contributed by atoms with Gasteiger partial charge in [-0.15, -0.1) is 4.36 Å². The molecule has 1 N–H and O–H groups in total. The van der Waals surface area contributed by atoms with Crippen LogP contribution in [0, 0.1) is 11.8 Å². The van der Waals surface area contributed by atoms with Gasteiger partial charge in [-0.05, 0) is 86.1 Å². The number of nitrogens with one attached hydrogen (secondary N) is 1. The maximum absolute atomic E-state index is 13.8. The van der Waals surface area contributed by atoms with Gasteiger partial charge in [0.2, 0.25) is 5.91 Å². The van der Waals surface area contributed by atoms with Crippen LogP contribution in [0.15, 0.2) is 46.8 Å². The van der Waals surface area contributed by atoms with Gasteiger partial charge in [-0.25, -0.2) is 4.21 Å². The normalized spacial score (nSPS) is 27.1. The van der Waals surface area contributed by atoms with Crippen LogP contribution in [-0.4, -0.2) is 48.1 Å². The van der Waals surface area contributed by atoms with Gasteiger partial charge >= 0.3 is 0 Å². The molecule has 9 heteroatoms. The molecular weight excluding hydrogens is 550 g/mol. The average molecular weight is 596 g/mol. The Balaban J connectivity index is 1.60. The number of anilines is 1. The van der Waals surface area contributed by atoms with Gasteiger partial charge in [-0.2, -0.15) is 0 Å². The lowest BCUT2D eigenvalue weighted by molar-refractivity contribution is -0.118. The lowest BCUT2D eigenvalue weighted by Gasteiger charge is -2.44. The number of benzene rings is 2. The van der Waals surface area contributed by atoms with Crippen LogP contribution in [0.2, 0.25) is 0 Å². The highest BCUT2D eigenvalue weighted by Gasteiger charge is 2.38. The topological polar surface area (TPSA) is 97.3 Å². The molecule has 0 spiro atoms. The van der Waals surface area contributed by atoms with Gasteiger partial charge in [0, 0.05) is 32.2 Å². The van der Waals surface area contributed by atoms with Gasteiger partial charge in [0.1, 0.15) is 15.7 Å². The number of fused-ring (bicyclic) bond motifs is 3. The van der Waals surface area contributed by atoms with Crippen molar-refractivity contribution in [2.24, 2.45) is 16.2 Å². The van der Waals surface area contributed by atoms with E-state index in [-0.39, 0.29) is 24.2 Å². The van der Waals surface area contributed by atoms with Gasteiger partial charge in [0.15, 0.2) is 0 Å². The lowest BCUT2D eigenvalue weighted by atomic mass is 9.69. The Kier molecular flexibility index (Phi) is 10.2. The predicted octanol–water partition coefficient (Wildman–Crippen LogP) is 6.07. The minimum atomic E-state index is -3.26. The molecule has 8 nitrogen and oxygen atoms in total. The first-order valence-corrected chi connectivity index (χ1v) is 17.3. The summed E-state index contributed by atoms with van der Waals surface area (Å²) < 4.78 is 32.9. The molecule has 2 aromatic rings. The van der Waals surface area contributed by atoms with Crippen LogP contribution < -0.4 is 14.4 Å². The molecule has 0 radical (unpaired) electrons. The van der Waals surface area contributed by atoms with Gasteiger partial charge in [0.25, 0.3) is 5.91 Å². The Morgan fingerprint density at radius 3 is 2.67 bits per heavy atom. The molecule has 4 atom stereocenters. The number of nitrogens with zero attached hydrogens (tertiary/aromatic N) is 2. The zero-order chi connectivity index (χ0) is 29.5. The first kappa shape index (κ1) is 30.5. The number of amides is 2. The second-order valence-electron chi connectivity index (χ2n) is 11.9. The number of methoxy groups -OCH3 is 1. The fraction of sp³-hybridized carbons (Fsp3) is 0.576. The minimum Gasteiger partial charge on any atom is -0.491 e. The largest absolute Gasteiger partial charge is 0.491 e. The molecule has 2 bridgehead atoms. The molecular formula is C33H45N3O5S. The van der Waals surface area contributed by atoms with Crippen molar-refractivity contribution in [3.8, 4) is 5.75 Å². The van der Waals surface area contributed by atoms with Gasteiger partial charge in [0.05, 0.1) is 24.2 Å². The van der Waals surface area contributed by atoms with E-state index in [1.807, 2.05) is 19.2 Å². The molecule has 2 aromatic carbocycles. The lowest BCUT2D eigenvalue weighted by Crippen LogP contribution is -2.44. The second kappa shape index (κ2) is 14.0. The highest BCUT2D eigenvalue weighted by Crippen LogP contribution is 2.42. The summed E-state index contributed by atoms with van der Waals surface area (Å²) >= 11 is 0. The van der Waals surface area contributed by atoms with Crippen molar-refractivity contribution < 1.29 is 23.3 Å². The summed E-state index contributed by atoms with van der Waals surface area (Å²) in [5, 5.41) is 0. The molecule has 228 valence electrons. The molecule has 1 fully saturated rings. The number of carbonyl (C=O) groups is 2. The number of carbonyl (C=O) groups excluding carboxylic acids is 2. The Hall–Kier alpha value is -2.91. The number of aryl methyl sites for hydroxylation is 1. The van der Waals surface area contributed by atoms with E-state index in [4.69, 9.17) is 9.47 Å². The van der Waals surface area contributed by atoms with Crippen molar-refractivity contribution in [3.05, 3.63) is 59.2 Å². The van der Waals surface area contributed by atoms with Gasteiger partial charge in [-0.1, -0.05) is 44.0 Å². The number of hydrogen-bond donors (Lipinski definition) is 1. The Morgan fingerprint density at radius 2 is 1.90 bits per heavy atom. The van der Waals surface area contributed by atoms with Crippen LogP contribution in [0.1, 0.15) is 86.2 Å². The summed E-state index contributed by atoms with van der Waals surface area (Å²) in [5.74, 6) is 0.869. The summed E-state index contributed by atoms with van der Waals surface area (Å²) in [6.45, 7) is 3.82. The Labute approximate surface area is 250 Å². The van der Waals surface area contributed by atoms with E-state index < -0.39 is 15.8 Å². The highest BCUT2D eigenvalue weighted by molar-refractivity contribution is 7.92. The molecule has 42 heavy (non-hydrogen) atoms. The Morgan fingerprint density at radius 1 is 1.07 bits per heavy atom. The van der Waals surface area contributed by atoms with E-state index in [2.05, 4.69) is 38.3 Å². The van der Waals surface area contributed by atoms with Crippen molar-refractivity contribution in [1.29, 1.82) is 0 Å². The minimum absolute atomic E-state index is 0.144. The zero-order valence-corrected chi connectivity index (χ0v) is 25.8. The molecule has 5 rings (SSSR count). The van der Waals surface area contributed by atoms with E-state index in [1.165, 1.54) is 11.1 Å². The second-order valence-corrected chi connectivity index (χ2v) is 14.0. The summed E-state index contributed by atoms with van der Waals surface area (Å²) in [5.41, 5.74) is 3.83. The number of hydrogen-bond acceptors (Lipinski definition) is 6. The van der Waals surface area contributed by atoms with E-state index in [9.17, 15) is 13.8 Å². The molecule has 1 saturated carbocycles. The fourth-order valence-electron chi connectivity index (χ4n) is 6.51. The number of rotatable bonds is 3. The smallest absolute Gasteiger partial charge is 0.286 e. The van der Waals surface area contributed by atoms with E-state index in [0.29, 0.717) is 37.0 Å². The van der Waals surface area contributed by atoms with Crippen molar-refractivity contribution in [1.82, 2.24) is 4.72 Å². The van der Waals surface area contributed by atoms with Crippen LogP contribution in [0.5, 0.6) is 5.75 Å². The van der Waals surface area contributed by atoms with Crippen molar-refractivity contribution >= 4 is 27.4 Å². The monoisotopic (exact) mass is 595 g/mol. The van der Waals surface area contributed by atoms with Crippen LogP contribution in [0.4, 0.5) is 5.69 Å². The van der Waals surface area contributed by atoms with Crippen LogP contribution in [0.3, 0.4) is 0 Å². The summed E-state index contributed by atoms with van der Waals surface area (Å²) in [6, 6.07) is 14.0. The molecule has 2 heterocycles. The van der Waals surface area contributed by atoms with E-state index in [1.54, 1.807) is 13.0 Å². The SMILES string of the molecule is CCC(=O)NS1(=O)=NC(=O)c2ccc3c(c2)N(Cc2ccccc2CCCCO3)C[C@@H]2CC[C@H]2[C@@H](OC)CCCCC1. The molecule has 1 aliphatic carbocycles. The summed E-state index contributed by atoms with van der Waals surface area (Å²) in [7, 11) is -1.44. The average Bonchev–Trinajstić information content (AvgIpc) is 3.00. The van der Waals surface area contributed by atoms with Crippen LogP contribution >= 0.6 is 0 Å². The molecule has 3 aliphatic rings. The number of ether oxygens (including phenoxy) is 2. The molecule has 2 amide bonds. The summed E-state index contributed by atoms with van der Waals surface area (Å²) in [4.78, 5) is 28.2. The highest BCUT2D eigenvalue weighted by atomic mass is 32.2. The third-order valence-electron chi connectivity index (χ3n) is 9.07. The van der Waals surface area contributed by atoms with Crippen LogP contribution in [-0.2, 0) is 32.4 Å². The van der Waals surface area contributed by atoms with Crippen molar-refractivity contribution in [2.75, 3.05) is 30.9 Å². The molecule has 0 aromatic heterocycles. The molecule has 2 aliphatic heterocycles. The van der Waals surface area contributed by atoms with Crippen molar-refractivity contribution in [2.45, 2.75) is 83.8 Å². The maximum Gasteiger partial charge on any atom is 0.286 e.